The zero-order valence-electron chi connectivity index (χ0n) is 16.7. The van der Waals surface area contributed by atoms with Gasteiger partial charge in [-0.1, -0.05) is 23.2 Å². The van der Waals surface area contributed by atoms with Gasteiger partial charge in [-0.05, 0) is 42.3 Å². The molecule has 2 fully saturated rings. The van der Waals surface area contributed by atoms with E-state index < -0.39 is 5.82 Å². The quantitative estimate of drug-likeness (QED) is 0.527. The molecule has 0 saturated carbocycles. The number of nitrogens with one attached hydrogen (secondary N) is 1. The van der Waals surface area contributed by atoms with Gasteiger partial charge in [0.05, 0.1) is 30.4 Å². The summed E-state index contributed by atoms with van der Waals surface area (Å²) in [6.07, 6.45) is 0. The molecule has 1 N–H and O–H groups in total. The van der Waals surface area contributed by atoms with Crippen LogP contribution in [0.3, 0.4) is 0 Å². The molecule has 0 radical (unpaired) electrons. The van der Waals surface area contributed by atoms with Crippen molar-refractivity contribution in [2.45, 2.75) is 4.90 Å². The van der Waals surface area contributed by atoms with E-state index in [0.29, 0.717) is 28.3 Å². The van der Waals surface area contributed by atoms with Gasteiger partial charge in [0, 0.05) is 53.5 Å². The van der Waals surface area contributed by atoms with Gasteiger partial charge < -0.3 is 14.8 Å². The first-order valence-electron chi connectivity index (χ1n) is 9.95. The molecule has 0 aromatic heterocycles. The van der Waals surface area contributed by atoms with Crippen molar-refractivity contribution in [2.24, 2.45) is 11.3 Å². The molecule has 0 atom stereocenters. The van der Waals surface area contributed by atoms with Crippen LogP contribution in [0.25, 0.3) is 0 Å². The van der Waals surface area contributed by atoms with Crippen molar-refractivity contribution in [3.63, 3.8) is 0 Å². The number of nitriles is 1. The minimum absolute atomic E-state index is 0.0116. The van der Waals surface area contributed by atoms with Gasteiger partial charge in [0.2, 0.25) is 0 Å². The second kappa shape index (κ2) is 9.95. The van der Waals surface area contributed by atoms with Gasteiger partial charge in [-0.25, -0.2) is 8.70 Å². The first-order chi connectivity index (χ1) is 15.0. The van der Waals surface area contributed by atoms with Gasteiger partial charge in [0.25, 0.3) is 0 Å². The number of benzene rings is 2. The third-order valence-electron chi connectivity index (χ3n) is 5.39. The van der Waals surface area contributed by atoms with E-state index in [1.54, 1.807) is 24.1 Å². The fourth-order valence-electron chi connectivity index (χ4n) is 3.57. The maximum atomic E-state index is 13.9. The number of ether oxygens (including phenoxy) is 2. The Labute approximate surface area is 195 Å². The minimum Gasteiger partial charge on any atom is -0.493 e. The Morgan fingerprint density at radius 1 is 1.26 bits per heavy atom. The number of nitrogens with zero attached hydrogens (tertiary/aromatic N) is 2. The van der Waals surface area contributed by atoms with E-state index in [-0.39, 0.29) is 11.0 Å². The maximum absolute atomic E-state index is 13.9. The molecular weight excluding hydrogens is 460 g/mol. The Morgan fingerprint density at radius 2 is 2.06 bits per heavy atom. The van der Waals surface area contributed by atoms with Crippen LogP contribution >= 0.6 is 35.1 Å². The highest BCUT2D eigenvalue weighted by Gasteiger charge is 2.44. The van der Waals surface area contributed by atoms with E-state index in [2.05, 4.69) is 9.62 Å². The summed E-state index contributed by atoms with van der Waals surface area (Å²) < 4.78 is 27.3. The van der Waals surface area contributed by atoms with Crippen LogP contribution in [-0.4, -0.2) is 50.3 Å². The van der Waals surface area contributed by atoms with Crippen molar-refractivity contribution < 1.29 is 13.9 Å². The predicted molar refractivity (Wildman–Crippen MR) is 120 cm³/mol. The first-order valence-corrected chi connectivity index (χ1v) is 11.5. The van der Waals surface area contributed by atoms with Gasteiger partial charge in [-0.15, -0.1) is 0 Å². The van der Waals surface area contributed by atoms with Crippen molar-refractivity contribution in [3.8, 4) is 11.8 Å². The van der Waals surface area contributed by atoms with Gasteiger partial charge in [-0.3, -0.25) is 0 Å². The van der Waals surface area contributed by atoms with Crippen molar-refractivity contribution >= 4 is 35.1 Å². The van der Waals surface area contributed by atoms with E-state index in [1.807, 2.05) is 18.2 Å². The molecule has 0 unspecified atom stereocenters. The zero-order chi connectivity index (χ0) is 21.8. The van der Waals surface area contributed by atoms with E-state index in [0.717, 1.165) is 44.3 Å². The number of hydrogen-bond donors (Lipinski definition) is 1. The average Bonchev–Trinajstić information content (AvgIpc) is 2.68. The smallest absolute Gasteiger partial charge is 0.144 e. The fourth-order valence-corrected chi connectivity index (χ4v) is 5.31. The molecule has 2 aromatic rings. The van der Waals surface area contributed by atoms with Crippen molar-refractivity contribution in [1.82, 2.24) is 9.62 Å². The summed E-state index contributed by atoms with van der Waals surface area (Å²) >= 11 is 13.9. The molecule has 2 saturated heterocycles. The third-order valence-corrected chi connectivity index (χ3v) is 7.12. The highest BCUT2D eigenvalue weighted by molar-refractivity contribution is 7.97. The lowest BCUT2D eigenvalue weighted by atomic mass is 9.82. The van der Waals surface area contributed by atoms with Crippen LogP contribution in [-0.2, 0) is 4.74 Å². The summed E-state index contributed by atoms with van der Waals surface area (Å²) in [5, 5.41) is 13.7. The lowest BCUT2D eigenvalue weighted by Gasteiger charge is -2.49. The van der Waals surface area contributed by atoms with E-state index >= 15 is 0 Å². The average molecular weight is 482 g/mol. The minimum atomic E-state index is -0.569. The molecular formula is C22H22Cl2FN3O2S. The second-order valence-electron chi connectivity index (χ2n) is 8.04. The topological polar surface area (TPSA) is 57.5 Å². The van der Waals surface area contributed by atoms with Gasteiger partial charge >= 0.3 is 0 Å². The van der Waals surface area contributed by atoms with Crippen LogP contribution < -0.4 is 10.1 Å². The summed E-state index contributed by atoms with van der Waals surface area (Å²) in [7, 11) is 0. The molecule has 2 heterocycles. The SMILES string of the molecule is N#Cc1ccc(OCC2(CNCC3COC3)CN(Sc3ccc(Cl)cc3Cl)C2)cc1F. The highest BCUT2D eigenvalue weighted by atomic mass is 35.5. The fraction of sp³-hybridized carbons (Fsp3) is 0.409. The number of halogens is 3. The normalized spacial score (nSPS) is 18.1. The summed E-state index contributed by atoms with van der Waals surface area (Å²) in [4.78, 5) is 0.953. The van der Waals surface area contributed by atoms with Gasteiger partial charge in [-0.2, -0.15) is 5.26 Å². The molecule has 5 nitrogen and oxygen atoms in total. The molecule has 164 valence electrons. The van der Waals surface area contributed by atoms with Gasteiger partial charge in [0.1, 0.15) is 17.6 Å². The summed E-state index contributed by atoms with van der Waals surface area (Å²) in [6, 6.07) is 11.6. The van der Waals surface area contributed by atoms with Gasteiger partial charge in [0.15, 0.2) is 0 Å². The number of hydrogen-bond acceptors (Lipinski definition) is 6. The van der Waals surface area contributed by atoms with Crippen LogP contribution in [0.2, 0.25) is 10.0 Å². The molecule has 2 aliphatic heterocycles. The Morgan fingerprint density at radius 3 is 2.71 bits per heavy atom. The molecule has 4 rings (SSSR count). The standard InChI is InChI=1S/C22H22Cl2FN3O2S/c23-17-2-4-21(19(24)5-17)31-28-12-22(13-28,11-27-8-15-9-29-10-15)14-30-18-3-1-16(7-26)20(25)6-18/h1-6,15,27H,8-14H2. The van der Waals surface area contributed by atoms with E-state index in [1.165, 1.54) is 12.1 Å². The summed E-state index contributed by atoms with van der Waals surface area (Å²) in [5.41, 5.74) is -0.0987. The molecule has 31 heavy (non-hydrogen) atoms. The molecule has 2 aromatic carbocycles. The second-order valence-corrected chi connectivity index (χ2v) is 10.0. The largest absolute Gasteiger partial charge is 0.493 e. The Balaban J connectivity index is 1.37. The van der Waals surface area contributed by atoms with E-state index in [4.69, 9.17) is 37.9 Å². The van der Waals surface area contributed by atoms with Crippen LogP contribution in [0.4, 0.5) is 4.39 Å². The molecule has 0 amide bonds. The summed E-state index contributed by atoms with van der Waals surface area (Å²) in [5.74, 6) is 0.416. The van der Waals surface area contributed by atoms with Crippen molar-refractivity contribution in [3.05, 3.63) is 57.8 Å². The molecule has 9 heteroatoms. The van der Waals surface area contributed by atoms with Crippen LogP contribution in [0.1, 0.15) is 5.56 Å². The zero-order valence-corrected chi connectivity index (χ0v) is 19.1. The molecule has 2 aliphatic rings. The number of rotatable bonds is 9. The van der Waals surface area contributed by atoms with E-state index in [9.17, 15) is 4.39 Å². The Hall–Kier alpha value is -1.53. The predicted octanol–water partition coefficient (Wildman–Crippen LogP) is 4.63. The molecule has 0 bridgehead atoms. The monoisotopic (exact) mass is 481 g/mol. The maximum Gasteiger partial charge on any atom is 0.144 e. The highest BCUT2D eigenvalue weighted by Crippen LogP contribution is 2.41. The molecule has 0 spiro atoms. The van der Waals surface area contributed by atoms with Crippen LogP contribution in [0, 0.1) is 28.5 Å². The lowest BCUT2D eigenvalue weighted by molar-refractivity contribution is -0.0350. The third kappa shape index (κ3) is 5.64. The first kappa shape index (κ1) is 22.7. The summed E-state index contributed by atoms with van der Waals surface area (Å²) in [6.45, 7) is 5.33. The lowest BCUT2D eigenvalue weighted by Crippen LogP contribution is -2.61. The van der Waals surface area contributed by atoms with Crippen molar-refractivity contribution in [2.75, 3.05) is 46.0 Å². The Kier molecular flexibility index (Phi) is 7.27. The van der Waals surface area contributed by atoms with Crippen molar-refractivity contribution in [1.29, 1.82) is 5.26 Å². The van der Waals surface area contributed by atoms with Crippen LogP contribution in [0.5, 0.6) is 5.75 Å². The molecule has 0 aliphatic carbocycles. The van der Waals surface area contributed by atoms with Crippen LogP contribution in [0.15, 0.2) is 41.3 Å². The Bertz CT molecular complexity index is 978.